The average molecular weight is 275 g/mol. The lowest BCUT2D eigenvalue weighted by Crippen LogP contribution is -2.44. The van der Waals surface area contributed by atoms with Gasteiger partial charge in [-0.15, -0.1) is 0 Å². The van der Waals surface area contributed by atoms with Gasteiger partial charge in [-0.3, -0.25) is 4.98 Å². The summed E-state index contributed by atoms with van der Waals surface area (Å²) in [6.07, 6.45) is 9.28. The Labute approximate surface area is 123 Å². The molecule has 0 radical (unpaired) electrons. The fourth-order valence-electron chi connectivity index (χ4n) is 3.57. The summed E-state index contributed by atoms with van der Waals surface area (Å²) in [4.78, 5) is 6.67. The van der Waals surface area contributed by atoms with E-state index < -0.39 is 0 Å². The molecule has 0 amide bonds. The largest absolute Gasteiger partial charge is 0.319 e. The molecular formula is C17H29N3. The minimum absolute atomic E-state index is 0.457. The van der Waals surface area contributed by atoms with Crippen molar-refractivity contribution in [3.05, 3.63) is 30.1 Å². The topological polar surface area (TPSA) is 28.2 Å². The van der Waals surface area contributed by atoms with Crippen molar-refractivity contribution < 1.29 is 0 Å². The fourth-order valence-corrected chi connectivity index (χ4v) is 3.57. The molecule has 20 heavy (non-hydrogen) atoms. The van der Waals surface area contributed by atoms with Crippen molar-refractivity contribution in [2.45, 2.75) is 39.2 Å². The molecule has 0 atom stereocenters. The molecule has 0 aromatic carbocycles. The Kier molecular flexibility index (Phi) is 5.55. The normalized spacial score (nSPS) is 26.9. The molecule has 1 aromatic heterocycles. The van der Waals surface area contributed by atoms with Crippen LogP contribution in [0.1, 0.15) is 38.2 Å². The first-order valence-corrected chi connectivity index (χ1v) is 7.86. The highest BCUT2D eigenvalue weighted by Gasteiger charge is 2.34. The van der Waals surface area contributed by atoms with Gasteiger partial charge < -0.3 is 10.2 Å². The minimum Gasteiger partial charge on any atom is -0.319 e. The summed E-state index contributed by atoms with van der Waals surface area (Å²) in [5.41, 5.74) is 1.76. The van der Waals surface area contributed by atoms with Gasteiger partial charge in [0.15, 0.2) is 0 Å². The molecule has 1 aromatic rings. The summed E-state index contributed by atoms with van der Waals surface area (Å²) in [6.45, 7) is 5.70. The Bertz CT molecular complexity index is 382. The summed E-state index contributed by atoms with van der Waals surface area (Å²) in [6, 6.07) is 4.19. The van der Waals surface area contributed by atoms with Gasteiger partial charge in [-0.25, -0.2) is 0 Å². The van der Waals surface area contributed by atoms with Crippen molar-refractivity contribution in [3.63, 3.8) is 0 Å². The zero-order valence-corrected chi connectivity index (χ0v) is 13.2. The lowest BCUT2D eigenvalue weighted by molar-refractivity contribution is 0.0979. The average Bonchev–Trinajstić information content (AvgIpc) is 2.43. The Balaban J connectivity index is 1.94. The third-order valence-electron chi connectivity index (χ3n) is 4.67. The molecule has 3 nitrogen and oxygen atoms in total. The van der Waals surface area contributed by atoms with Crippen LogP contribution in [0.4, 0.5) is 0 Å². The first-order chi connectivity index (χ1) is 9.63. The van der Waals surface area contributed by atoms with Crippen molar-refractivity contribution in [1.82, 2.24) is 15.2 Å². The van der Waals surface area contributed by atoms with Crippen LogP contribution in [0, 0.1) is 11.3 Å². The molecule has 3 heteroatoms. The van der Waals surface area contributed by atoms with Crippen LogP contribution in [0.5, 0.6) is 0 Å². The van der Waals surface area contributed by atoms with Crippen molar-refractivity contribution in [2.24, 2.45) is 11.3 Å². The van der Waals surface area contributed by atoms with Crippen molar-refractivity contribution in [3.8, 4) is 0 Å². The predicted octanol–water partition coefficient (Wildman–Crippen LogP) is 2.93. The monoisotopic (exact) mass is 275 g/mol. The Morgan fingerprint density at radius 3 is 2.75 bits per heavy atom. The van der Waals surface area contributed by atoms with Gasteiger partial charge >= 0.3 is 0 Å². The van der Waals surface area contributed by atoms with Crippen LogP contribution in [-0.2, 0) is 6.54 Å². The lowest BCUT2D eigenvalue weighted by atomic mass is 9.70. The Morgan fingerprint density at radius 2 is 2.15 bits per heavy atom. The van der Waals surface area contributed by atoms with E-state index in [2.05, 4.69) is 42.3 Å². The van der Waals surface area contributed by atoms with Gasteiger partial charge in [0.1, 0.15) is 0 Å². The summed E-state index contributed by atoms with van der Waals surface area (Å²) in [5, 5.41) is 3.42. The van der Waals surface area contributed by atoms with Gasteiger partial charge in [0.05, 0.1) is 0 Å². The smallest absolute Gasteiger partial charge is 0.0312 e. The van der Waals surface area contributed by atoms with Crippen LogP contribution in [0.2, 0.25) is 0 Å². The van der Waals surface area contributed by atoms with E-state index in [1.807, 2.05) is 18.5 Å². The van der Waals surface area contributed by atoms with E-state index in [0.717, 1.165) is 19.0 Å². The molecule has 112 valence electrons. The van der Waals surface area contributed by atoms with Gasteiger partial charge in [0, 0.05) is 32.0 Å². The van der Waals surface area contributed by atoms with Gasteiger partial charge in [-0.2, -0.15) is 0 Å². The predicted molar refractivity (Wildman–Crippen MR) is 84.6 cm³/mol. The van der Waals surface area contributed by atoms with E-state index >= 15 is 0 Å². The summed E-state index contributed by atoms with van der Waals surface area (Å²) in [5.74, 6) is 0.906. The third kappa shape index (κ3) is 4.29. The maximum absolute atomic E-state index is 4.21. The van der Waals surface area contributed by atoms with E-state index in [0.29, 0.717) is 5.41 Å². The van der Waals surface area contributed by atoms with Crippen molar-refractivity contribution in [1.29, 1.82) is 0 Å². The molecular weight excluding hydrogens is 246 g/mol. The minimum atomic E-state index is 0.457. The fraction of sp³-hybridized carbons (Fsp3) is 0.706. The second kappa shape index (κ2) is 7.19. The molecule has 1 aliphatic carbocycles. The van der Waals surface area contributed by atoms with Gasteiger partial charge in [0.2, 0.25) is 0 Å². The van der Waals surface area contributed by atoms with Crippen LogP contribution >= 0.6 is 0 Å². The first-order valence-electron chi connectivity index (χ1n) is 7.86. The molecule has 0 bridgehead atoms. The highest BCUT2D eigenvalue weighted by molar-refractivity contribution is 5.08. The van der Waals surface area contributed by atoms with Crippen LogP contribution < -0.4 is 5.32 Å². The molecule has 0 unspecified atom stereocenters. The zero-order valence-electron chi connectivity index (χ0n) is 13.2. The van der Waals surface area contributed by atoms with Crippen LogP contribution in [0.3, 0.4) is 0 Å². The van der Waals surface area contributed by atoms with E-state index in [9.17, 15) is 0 Å². The van der Waals surface area contributed by atoms with E-state index in [-0.39, 0.29) is 0 Å². The Morgan fingerprint density at radius 1 is 1.40 bits per heavy atom. The number of aromatic nitrogens is 1. The van der Waals surface area contributed by atoms with E-state index in [4.69, 9.17) is 0 Å². The molecule has 1 heterocycles. The lowest BCUT2D eigenvalue weighted by Gasteiger charge is -2.42. The van der Waals surface area contributed by atoms with Gasteiger partial charge in [-0.1, -0.05) is 25.8 Å². The number of pyridine rings is 1. The molecule has 1 N–H and O–H groups in total. The van der Waals surface area contributed by atoms with Crippen molar-refractivity contribution >= 4 is 0 Å². The highest BCUT2D eigenvalue weighted by Crippen LogP contribution is 2.39. The molecule has 1 fully saturated rings. The standard InChI is InChI=1S/C17H29N3/c1-15-6-8-17(9-7-15,13-18-2)14-20(3)12-16-5-4-10-19-11-16/h4-5,10-11,15,18H,6-9,12-14H2,1-3H3. The number of nitrogens with zero attached hydrogens (tertiary/aromatic N) is 2. The molecule has 0 aliphatic heterocycles. The molecule has 0 spiro atoms. The van der Waals surface area contributed by atoms with Crippen LogP contribution in [-0.4, -0.2) is 37.1 Å². The highest BCUT2D eigenvalue weighted by atomic mass is 15.1. The maximum atomic E-state index is 4.21. The van der Waals surface area contributed by atoms with Gasteiger partial charge in [0.25, 0.3) is 0 Å². The van der Waals surface area contributed by atoms with Crippen LogP contribution in [0.25, 0.3) is 0 Å². The summed E-state index contributed by atoms with van der Waals surface area (Å²) >= 11 is 0. The second-order valence-corrected chi connectivity index (χ2v) is 6.75. The van der Waals surface area contributed by atoms with E-state index in [1.54, 1.807) is 0 Å². The molecule has 1 aliphatic rings. The van der Waals surface area contributed by atoms with Gasteiger partial charge in [-0.05, 0) is 49.9 Å². The number of hydrogen-bond acceptors (Lipinski definition) is 3. The Hall–Kier alpha value is -0.930. The van der Waals surface area contributed by atoms with E-state index in [1.165, 1.54) is 37.8 Å². The summed E-state index contributed by atoms with van der Waals surface area (Å²) in [7, 11) is 4.32. The second-order valence-electron chi connectivity index (χ2n) is 6.75. The van der Waals surface area contributed by atoms with Crippen LogP contribution in [0.15, 0.2) is 24.5 Å². The first kappa shape index (κ1) is 15.5. The van der Waals surface area contributed by atoms with Crippen molar-refractivity contribution in [2.75, 3.05) is 27.2 Å². The molecule has 0 saturated heterocycles. The third-order valence-corrected chi connectivity index (χ3v) is 4.67. The molecule has 2 rings (SSSR count). The number of hydrogen-bond donors (Lipinski definition) is 1. The number of rotatable bonds is 6. The number of nitrogens with one attached hydrogen (secondary N) is 1. The zero-order chi connectivity index (χ0) is 14.4. The summed E-state index contributed by atoms with van der Waals surface area (Å²) < 4.78 is 0. The molecule has 1 saturated carbocycles. The SMILES string of the molecule is CNCC1(CN(C)Cc2cccnc2)CCC(C)CC1. The maximum Gasteiger partial charge on any atom is 0.0312 e. The quantitative estimate of drug-likeness (QED) is 0.865.